The fourth-order valence-corrected chi connectivity index (χ4v) is 2.93. The van der Waals surface area contributed by atoms with Gasteiger partial charge in [0.25, 0.3) is 0 Å². The van der Waals surface area contributed by atoms with E-state index >= 15 is 0 Å². The van der Waals surface area contributed by atoms with Crippen molar-refractivity contribution < 1.29 is 5.11 Å². The molecule has 1 aromatic carbocycles. The summed E-state index contributed by atoms with van der Waals surface area (Å²) in [6.07, 6.45) is 2.09. The highest BCUT2D eigenvalue weighted by molar-refractivity contribution is 6.30. The van der Waals surface area contributed by atoms with E-state index in [-0.39, 0.29) is 6.61 Å². The van der Waals surface area contributed by atoms with E-state index in [0.717, 1.165) is 38.2 Å². The van der Waals surface area contributed by atoms with E-state index < -0.39 is 0 Å². The molecule has 0 amide bonds. The maximum Gasteiger partial charge on any atom is 0.101 e. The molecule has 1 aliphatic heterocycles. The van der Waals surface area contributed by atoms with E-state index in [2.05, 4.69) is 22.9 Å². The molecule has 1 aliphatic rings. The van der Waals surface area contributed by atoms with E-state index in [1.165, 1.54) is 0 Å². The van der Waals surface area contributed by atoms with E-state index in [0.29, 0.717) is 16.6 Å². The van der Waals surface area contributed by atoms with Gasteiger partial charge in [0.2, 0.25) is 0 Å². The number of nitrogens with zero attached hydrogens (tertiary/aromatic N) is 3. The second kappa shape index (κ2) is 6.94. The van der Waals surface area contributed by atoms with Crippen LogP contribution in [0.15, 0.2) is 18.2 Å². The van der Waals surface area contributed by atoms with Gasteiger partial charge in [-0.05, 0) is 38.1 Å². The standard InChI is InChI=1S/C15H20ClN3O/c1-18(8-9-20)14-4-6-19(7-5-14)15-3-2-13(16)10-12(15)11-17/h2-3,10,14,20H,4-9H2,1H3. The molecule has 2 rings (SSSR count). The zero-order chi connectivity index (χ0) is 14.5. The lowest BCUT2D eigenvalue weighted by Crippen LogP contribution is -2.44. The Kier molecular flexibility index (Phi) is 5.24. The SMILES string of the molecule is CN(CCO)C1CCN(c2ccc(Cl)cc2C#N)CC1. The third-order valence-corrected chi connectivity index (χ3v) is 4.20. The van der Waals surface area contributed by atoms with Gasteiger partial charge >= 0.3 is 0 Å². The van der Waals surface area contributed by atoms with Crippen molar-refractivity contribution in [2.24, 2.45) is 0 Å². The Hall–Kier alpha value is -1.28. The van der Waals surface area contributed by atoms with Crippen molar-refractivity contribution in [3.05, 3.63) is 28.8 Å². The van der Waals surface area contributed by atoms with Gasteiger partial charge in [0.15, 0.2) is 0 Å². The Balaban J connectivity index is 2.02. The Morgan fingerprint density at radius 1 is 1.45 bits per heavy atom. The fraction of sp³-hybridized carbons (Fsp3) is 0.533. The number of hydrogen-bond acceptors (Lipinski definition) is 4. The highest BCUT2D eigenvalue weighted by Crippen LogP contribution is 2.27. The lowest BCUT2D eigenvalue weighted by atomic mass is 10.0. The molecule has 5 heteroatoms. The normalized spacial score (nSPS) is 16.4. The van der Waals surface area contributed by atoms with Crippen LogP contribution >= 0.6 is 11.6 Å². The van der Waals surface area contributed by atoms with Gasteiger partial charge in [-0.1, -0.05) is 11.6 Å². The fourth-order valence-electron chi connectivity index (χ4n) is 2.76. The van der Waals surface area contributed by atoms with Crippen LogP contribution in [0.1, 0.15) is 18.4 Å². The molecule has 0 spiro atoms. The molecule has 1 aromatic rings. The lowest BCUT2D eigenvalue weighted by molar-refractivity contribution is 0.162. The van der Waals surface area contributed by atoms with Gasteiger partial charge in [-0.25, -0.2) is 0 Å². The lowest BCUT2D eigenvalue weighted by Gasteiger charge is -2.38. The topological polar surface area (TPSA) is 50.5 Å². The Morgan fingerprint density at radius 3 is 2.75 bits per heavy atom. The minimum atomic E-state index is 0.201. The van der Waals surface area contributed by atoms with Crippen LogP contribution in [0.5, 0.6) is 0 Å². The van der Waals surface area contributed by atoms with Crippen molar-refractivity contribution in [2.45, 2.75) is 18.9 Å². The summed E-state index contributed by atoms with van der Waals surface area (Å²) in [5.74, 6) is 0. The summed E-state index contributed by atoms with van der Waals surface area (Å²) in [5.41, 5.74) is 1.61. The van der Waals surface area contributed by atoms with Crippen LogP contribution in [-0.4, -0.2) is 49.3 Å². The number of halogens is 1. The Bertz CT molecular complexity index is 492. The quantitative estimate of drug-likeness (QED) is 0.924. The largest absolute Gasteiger partial charge is 0.395 e. The molecule has 4 nitrogen and oxygen atoms in total. The van der Waals surface area contributed by atoms with Crippen LogP contribution in [-0.2, 0) is 0 Å². The first-order chi connectivity index (χ1) is 9.65. The first-order valence-corrected chi connectivity index (χ1v) is 7.29. The third kappa shape index (κ3) is 3.43. The molecule has 20 heavy (non-hydrogen) atoms. The van der Waals surface area contributed by atoms with Gasteiger partial charge in [0.05, 0.1) is 17.9 Å². The molecule has 0 radical (unpaired) electrons. The van der Waals surface area contributed by atoms with Crippen LogP contribution in [0.3, 0.4) is 0 Å². The van der Waals surface area contributed by atoms with Crippen molar-refractivity contribution in [3.8, 4) is 6.07 Å². The summed E-state index contributed by atoms with van der Waals surface area (Å²) in [4.78, 5) is 4.46. The van der Waals surface area contributed by atoms with E-state index in [1.54, 1.807) is 6.07 Å². The third-order valence-electron chi connectivity index (χ3n) is 3.96. The summed E-state index contributed by atoms with van der Waals surface area (Å²) in [7, 11) is 2.06. The van der Waals surface area contributed by atoms with Crippen LogP contribution in [0.4, 0.5) is 5.69 Å². The molecule has 0 bridgehead atoms. The highest BCUT2D eigenvalue weighted by Gasteiger charge is 2.23. The number of aliphatic hydroxyl groups excluding tert-OH is 1. The number of anilines is 1. The smallest absolute Gasteiger partial charge is 0.101 e. The van der Waals surface area contributed by atoms with Crippen molar-refractivity contribution in [3.63, 3.8) is 0 Å². The zero-order valence-electron chi connectivity index (χ0n) is 11.7. The number of rotatable bonds is 4. The van der Waals surface area contributed by atoms with Crippen molar-refractivity contribution in [1.82, 2.24) is 4.90 Å². The molecule has 1 N–H and O–H groups in total. The summed E-state index contributed by atoms with van der Waals surface area (Å²) in [6, 6.07) is 8.22. The number of likely N-dealkylation sites (N-methyl/N-ethyl adjacent to an activating group) is 1. The van der Waals surface area contributed by atoms with Crippen LogP contribution in [0.2, 0.25) is 5.02 Å². The summed E-state index contributed by atoms with van der Waals surface area (Å²) < 4.78 is 0. The summed E-state index contributed by atoms with van der Waals surface area (Å²) in [6.45, 7) is 2.77. The highest BCUT2D eigenvalue weighted by atomic mass is 35.5. The molecule has 1 fully saturated rings. The van der Waals surface area contributed by atoms with Gasteiger partial charge in [-0.3, -0.25) is 0 Å². The summed E-state index contributed by atoms with van der Waals surface area (Å²) >= 11 is 5.93. The van der Waals surface area contributed by atoms with Gasteiger partial charge < -0.3 is 14.9 Å². The van der Waals surface area contributed by atoms with Crippen LogP contribution in [0.25, 0.3) is 0 Å². The maximum atomic E-state index is 9.21. The molecular weight excluding hydrogens is 274 g/mol. The first-order valence-electron chi connectivity index (χ1n) is 6.91. The average molecular weight is 294 g/mol. The monoisotopic (exact) mass is 293 g/mol. The van der Waals surface area contributed by atoms with Crippen molar-refractivity contribution >= 4 is 17.3 Å². The molecule has 0 unspecified atom stereocenters. The van der Waals surface area contributed by atoms with Gasteiger partial charge in [0, 0.05) is 30.7 Å². The molecule has 0 aliphatic carbocycles. The van der Waals surface area contributed by atoms with Crippen LogP contribution in [0, 0.1) is 11.3 Å². The van der Waals surface area contributed by atoms with Gasteiger partial charge in [0.1, 0.15) is 6.07 Å². The molecule has 108 valence electrons. The number of nitriles is 1. The summed E-state index contributed by atoms with van der Waals surface area (Å²) in [5, 5.41) is 18.8. The number of benzene rings is 1. The van der Waals surface area contributed by atoms with Crippen molar-refractivity contribution in [2.75, 3.05) is 38.2 Å². The second-order valence-corrected chi connectivity index (χ2v) is 5.63. The second-order valence-electron chi connectivity index (χ2n) is 5.20. The molecular formula is C15H20ClN3O. The molecule has 0 aromatic heterocycles. The van der Waals surface area contributed by atoms with Gasteiger partial charge in [-0.15, -0.1) is 0 Å². The molecule has 1 heterocycles. The predicted octanol–water partition coefficient (Wildman–Crippen LogP) is 2.10. The van der Waals surface area contributed by atoms with E-state index in [4.69, 9.17) is 16.7 Å². The molecule has 0 atom stereocenters. The van der Waals surface area contributed by atoms with Crippen molar-refractivity contribution in [1.29, 1.82) is 5.26 Å². The van der Waals surface area contributed by atoms with Gasteiger partial charge in [-0.2, -0.15) is 5.26 Å². The molecule has 1 saturated heterocycles. The Morgan fingerprint density at radius 2 is 2.15 bits per heavy atom. The first kappa shape index (κ1) is 15.1. The predicted molar refractivity (Wildman–Crippen MR) is 81.1 cm³/mol. The van der Waals surface area contributed by atoms with E-state index in [9.17, 15) is 5.26 Å². The average Bonchev–Trinajstić information content (AvgIpc) is 2.47. The molecule has 0 saturated carbocycles. The van der Waals surface area contributed by atoms with E-state index in [1.807, 2.05) is 12.1 Å². The Labute approximate surface area is 125 Å². The number of piperidine rings is 1. The zero-order valence-corrected chi connectivity index (χ0v) is 12.5. The minimum absolute atomic E-state index is 0.201. The maximum absolute atomic E-state index is 9.21. The number of aliphatic hydroxyl groups is 1. The number of hydrogen-bond donors (Lipinski definition) is 1. The van der Waals surface area contributed by atoms with Crippen LogP contribution < -0.4 is 4.90 Å². The minimum Gasteiger partial charge on any atom is -0.395 e.